The van der Waals surface area contributed by atoms with Gasteiger partial charge in [0, 0.05) is 40.6 Å². The van der Waals surface area contributed by atoms with Crippen molar-refractivity contribution in [3.8, 4) is 0 Å². The van der Waals surface area contributed by atoms with Crippen LogP contribution in [0.2, 0.25) is 0 Å². The maximum atomic E-state index is 11.4. The van der Waals surface area contributed by atoms with Gasteiger partial charge in [-0.1, -0.05) is 66.2 Å². The molecule has 2 heterocycles. The van der Waals surface area contributed by atoms with E-state index in [2.05, 4.69) is 74.7 Å². The molecule has 49 heavy (non-hydrogen) atoms. The third-order valence-electron chi connectivity index (χ3n) is 11.0. The van der Waals surface area contributed by atoms with Crippen LogP contribution in [0.3, 0.4) is 0 Å². The van der Waals surface area contributed by atoms with Crippen LogP contribution in [0.4, 0.5) is 11.4 Å². The molecule has 0 aromatic heterocycles. The number of fused-ring (bicyclic) bond motifs is 2. The Bertz CT molecular complexity index is 1630. The van der Waals surface area contributed by atoms with E-state index < -0.39 is 20.0 Å². The molecule has 2 aliphatic heterocycles. The Balaban J connectivity index is 0.000000190. The number of anilines is 2. The number of halogens is 1. The molecule has 2 aromatic rings. The Morgan fingerprint density at radius 3 is 1.65 bits per heavy atom. The second-order valence-corrected chi connectivity index (χ2v) is 18.9. The Labute approximate surface area is 304 Å². The third-order valence-corrected chi connectivity index (χ3v) is 12.7. The van der Waals surface area contributed by atoms with Crippen LogP contribution in [0, 0.1) is 23.7 Å². The van der Waals surface area contributed by atoms with E-state index in [4.69, 9.17) is 0 Å². The summed E-state index contributed by atoms with van der Waals surface area (Å²) in [5.41, 5.74) is 4.26. The van der Waals surface area contributed by atoms with Crippen LogP contribution in [0.25, 0.3) is 0 Å². The van der Waals surface area contributed by atoms with Crippen LogP contribution >= 0.6 is 15.9 Å². The van der Waals surface area contributed by atoms with Crippen molar-refractivity contribution in [2.75, 3.05) is 60.0 Å². The molecular formula is C38H57BrN4O4S2. The lowest BCUT2D eigenvalue weighted by Crippen LogP contribution is -2.29. The van der Waals surface area contributed by atoms with E-state index in [-0.39, 0.29) is 10.8 Å². The highest BCUT2D eigenvalue weighted by molar-refractivity contribution is 9.09. The Morgan fingerprint density at radius 1 is 0.776 bits per heavy atom. The fraction of sp³-hybridized carbons (Fsp3) is 0.579. The summed E-state index contributed by atoms with van der Waals surface area (Å²) in [5, 5.41) is 4.51. The molecule has 2 saturated carbocycles. The number of hydrogen-bond acceptors (Lipinski definition) is 6. The molecular weight excluding hydrogens is 720 g/mol. The summed E-state index contributed by atoms with van der Waals surface area (Å²) >= 11 is 3.35. The predicted octanol–water partition coefficient (Wildman–Crippen LogP) is 7.14. The molecule has 0 amide bonds. The summed E-state index contributed by atoms with van der Waals surface area (Å²) in [4.78, 5) is 2.58. The topological polar surface area (TPSA) is 108 Å². The lowest BCUT2D eigenvalue weighted by molar-refractivity contribution is 0.272. The number of unbranched alkanes of at least 4 members (excludes halogenated alkanes) is 4. The Morgan fingerprint density at radius 2 is 1.22 bits per heavy atom. The monoisotopic (exact) mass is 776 g/mol. The minimum absolute atomic E-state index is 0.201. The van der Waals surface area contributed by atoms with Crippen molar-refractivity contribution in [3.63, 3.8) is 0 Å². The summed E-state index contributed by atoms with van der Waals surface area (Å²) in [6, 6.07) is 15.7. The zero-order valence-electron chi connectivity index (χ0n) is 29.8. The summed E-state index contributed by atoms with van der Waals surface area (Å²) in [7, 11) is -6.43. The molecule has 0 spiro atoms. The molecule has 0 radical (unpaired) electrons. The van der Waals surface area contributed by atoms with Gasteiger partial charge >= 0.3 is 0 Å². The molecule has 4 atom stereocenters. The van der Waals surface area contributed by atoms with Gasteiger partial charge in [-0.05, 0) is 117 Å². The van der Waals surface area contributed by atoms with E-state index in [0.29, 0.717) is 35.0 Å². The van der Waals surface area contributed by atoms with Crippen LogP contribution in [0.15, 0.2) is 73.8 Å². The molecule has 2 aromatic carbocycles. The first-order chi connectivity index (χ1) is 23.2. The second kappa shape index (κ2) is 16.9. The number of likely N-dealkylation sites (tertiary alicyclic amines) is 1. The molecule has 6 rings (SSSR count). The van der Waals surface area contributed by atoms with Crippen molar-refractivity contribution in [2.24, 2.45) is 23.7 Å². The van der Waals surface area contributed by atoms with Crippen LogP contribution < -0.4 is 14.8 Å². The standard InChI is InChI=1S/C19H28N2O2S.C13H18N2O2S.C6H11Br/c1-4-5-6-7-11-21-13-17-18(14-21)19(17,2)15-9-8-10-16(12-15)20-24(3,22)23;1-13(11-7-14-8-12(11)13)9-4-3-5-10(6-9)15-18(2,16)17;1-2-3-4-5-6-7/h4,8-10,12,17-18,20H,1,5-7,11,13-14H2,2-3H3;3-6,11-12,14-15H,7-8H2,1-2H3;2H,1,3-6H2. The van der Waals surface area contributed by atoms with Crippen molar-refractivity contribution in [1.82, 2.24) is 10.2 Å². The number of nitrogens with zero attached hydrogens (tertiary/aromatic N) is 1. The van der Waals surface area contributed by atoms with Crippen LogP contribution in [-0.2, 0) is 30.9 Å². The second-order valence-electron chi connectivity index (χ2n) is 14.6. The number of allylic oxidation sites excluding steroid dienone is 2. The van der Waals surface area contributed by atoms with E-state index in [1.54, 1.807) is 6.07 Å². The molecule has 2 aliphatic carbocycles. The van der Waals surface area contributed by atoms with E-state index in [9.17, 15) is 16.8 Å². The first-order valence-corrected chi connectivity index (χ1v) is 22.4. The third kappa shape index (κ3) is 10.4. The fourth-order valence-corrected chi connectivity index (χ4v) is 9.58. The highest BCUT2D eigenvalue weighted by Gasteiger charge is 2.65. The summed E-state index contributed by atoms with van der Waals surface area (Å²) in [6.07, 6.45) is 13.6. The van der Waals surface area contributed by atoms with Crippen molar-refractivity contribution in [2.45, 2.75) is 63.2 Å². The number of piperidine rings is 2. The highest BCUT2D eigenvalue weighted by Crippen LogP contribution is 2.63. The molecule has 272 valence electrons. The summed E-state index contributed by atoms with van der Waals surface area (Å²) in [5.74, 6) is 2.80. The average Bonchev–Trinajstić information content (AvgIpc) is 3.51. The van der Waals surface area contributed by atoms with E-state index in [1.807, 2.05) is 42.5 Å². The van der Waals surface area contributed by atoms with Crippen molar-refractivity contribution in [3.05, 3.63) is 85.0 Å². The molecule has 8 nitrogen and oxygen atoms in total. The van der Waals surface area contributed by atoms with Crippen molar-refractivity contribution < 1.29 is 16.8 Å². The minimum atomic E-state index is -3.23. The normalized spacial score (nSPS) is 28.1. The van der Waals surface area contributed by atoms with Crippen LogP contribution in [0.5, 0.6) is 0 Å². The number of hydrogen-bond donors (Lipinski definition) is 3. The van der Waals surface area contributed by atoms with Gasteiger partial charge in [0.1, 0.15) is 0 Å². The SMILES string of the molecule is C=CCCCCBr.C=CCCCCN1CC2C(C1)C2(C)c1cccc(NS(C)(=O)=O)c1.CC1(c2cccc(NS(C)(=O)=O)c2)C2CNCC21. The molecule has 3 N–H and O–H groups in total. The Hall–Kier alpha value is -2.18. The molecule has 4 unspecified atom stereocenters. The minimum Gasteiger partial charge on any atom is -0.316 e. The van der Waals surface area contributed by atoms with Crippen molar-refractivity contribution in [1.29, 1.82) is 0 Å². The van der Waals surface area contributed by atoms with Gasteiger partial charge in [0.15, 0.2) is 0 Å². The summed E-state index contributed by atoms with van der Waals surface area (Å²) in [6.45, 7) is 17.7. The average molecular weight is 778 g/mol. The van der Waals surface area contributed by atoms with Gasteiger partial charge in [0.05, 0.1) is 12.5 Å². The first kappa shape index (κ1) is 39.6. The number of benzene rings is 2. The number of sulfonamides is 2. The van der Waals surface area contributed by atoms with Gasteiger partial charge in [-0.25, -0.2) is 16.8 Å². The maximum Gasteiger partial charge on any atom is 0.229 e. The molecule has 0 bridgehead atoms. The van der Waals surface area contributed by atoms with Gasteiger partial charge in [0.2, 0.25) is 20.0 Å². The number of rotatable bonds is 15. The lowest BCUT2D eigenvalue weighted by atomic mass is 9.92. The molecule has 4 fully saturated rings. The molecule has 11 heteroatoms. The highest BCUT2D eigenvalue weighted by atomic mass is 79.9. The van der Waals surface area contributed by atoms with Gasteiger partial charge < -0.3 is 10.2 Å². The van der Waals surface area contributed by atoms with Gasteiger partial charge in [0.25, 0.3) is 0 Å². The van der Waals surface area contributed by atoms with E-state index >= 15 is 0 Å². The van der Waals surface area contributed by atoms with E-state index in [1.165, 1.54) is 69.0 Å². The number of alkyl halides is 1. The quantitative estimate of drug-likeness (QED) is 0.101. The zero-order chi connectivity index (χ0) is 35.9. The lowest BCUT2D eigenvalue weighted by Gasteiger charge is -2.24. The van der Waals surface area contributed by atoms with Crippen LogP contribution in [-0.4, -0.2) is 72.3 Å². The number of nitrogens with one attached hydrogen (secondary N) is 3. The van der Waals surface area contributed by atoms with Gasteiger partial charge in [-0.15, -0.1) is 13.2 Å². The van der Waals surface area contributed by atoms with Crippen molar-refractivity contribution >= 4 is 47.4 Å². The summed E-state index contributed by atoms with van der Waals surface area (Å²) < 4.78 is 50.5. The van der Waals surface area contributed by atoms with Gasteiger partial charge in [-0.2, -0.15) is 0 Å². The van der Waals surface area contributed by atoms with Crippen LogP contribution in [0.1, 0.15) is 63.5 Å². The smallest absolute Gasteiger partial charge is 0.229 e. The predicted molar refractivity (Wildman–Crippen MR) is 210 cm³/mol. The zero-order valence-corrected chi connectivity index (χ0v) is 33.0. The van der Waals surface area contributed by atoms with E-state index in [0.717, 1.165) is 31.3 Å². The fourth-order valence-electron chi connectivity index (χ4n) is 8.07. The first-order valence-electron chi connectivity index (χ1n) is 17.5. The largest absolute Gasteiger partial charge is 0.316 e. The molecule has 2 saturated heterocycles. The Kier molecular flexibility index (Phi) is 13.7. The molecule has 4 aliphatic rings. The van der Waals surface area contributed by atoms with Gasteiger partial charge in [-0.3, -0.25) is 9.44 Å². The maximum absolute atomic E-state index is 11.4.